The van der Waals surface area contributed by atoms with Gasteiger partial charge in [-0.1, -0.05) is 0 Å². The minimum absolute atomic E-state index is 0.247. The summed E-state index contributed by atoms with van der Waals surface area (Å²) in [6, 6.07) is 2.39. The fraction of sp³-hybridized carbons (Fsp3) is 0.583. The topological polar surface area (TPSA) is 62.4 Å². The molecule has 1 unspecified atom stereocenters. The lowest BCUT2D eigenvalue weighted by Gasteiger charge is -2.37. The number of rotatable bonds is 3. The molecular weight excluding hydrogens is 202 g/mol. The second kappa shape index (κ2) is 5.16. The van der Waals surface area contributed by atoms with E-state index < -0.39 is 0 Å². The summed E-state index contributed by atoms with van der Waals surface area (Å²) in [5, 5.41) is 9.07. The third-order valence-electron chi connectivity index (χ3n) is 3.17. The summed E-state index contributed by atoms with van der Waals surface area (Å²) in [6.07, 6.45) is 7.94. The predicted octanol–water partition coefficient (Wildman–Crippen LogP) is 1.41. The van der Waals surface area contributed by atoms with Crippen LogP contribution < -0.4 is 10.6 Å². The molecule has 16 heavy (non-hydrogen) atoms. The van der Waals surface area contributed by atoms with E-state index in [9.17, 15) is 0 Å². The van der Waals surface area contributed by atoms with Gasteiger partial charge in [-0.15, -0.1) is 0 Å². The van der Waals surface area contributed by atoms with Crippen LogP contribution in [0.5, 0.6) is 0 Å². The van der Waals surface area contributed by atoms with Crippen molar-refractivity contribution < 1.29 is 5.11 Å². The number of anilines is 2. The molecule has 0 aliphatic carbocycles. The largest absolute Gasteiger partial charge is 0.397 e. The summed E-state index contributed by atoms with van der Waals surface area (Å²) in [5.74, 6) is 0. The highest BCUT2D eigenvalue weighted by Gasteiger charge is 2.22. The Morgan fingerprint density at radius 3 is 3.06 bits per heavy atom. The maximum atomic E-state index is 9.07. The van der Waals surface area contributed by atoms with Gasteiger partial charge >= 0.3 is 0 Å². The standard InChI is InChI=1S/C12H19N3O/c13-10-7-12(9-14-8-10)15-5-2-1-3-11(15)4-6-16/h7-9,11,16H,1-6,13H2. The van der Waals surface area contributed by atoms with Gasteiger partial charge in [0.1, 0.15) is 0 Å². The van der Waals surface area contributed by atoms with Crippen LogP contribution >= 0.6 is 0 Å². The molecule has 1 atom stereocenters. The molecule has 0 spiro atoms. The van der Waals surface area contributed by atoms with E-state index in [0.29, 0.717) is 11.7 Å². The molecule has 0 radical (unpaired) electrons. The second-order valence-corrected chi connectivity index (χ2v) is 4.33. The molecular formula is C12H19N3O. The van der Waals surface area contributed by atoms with Gasteiger partial charge in [-0.2, -0.15) is 0 Å². The van der Waals surface area contributed by atoms with Crippen molar-refractivity contribution in [2.24, 2.45) is 0 Å². The number of nitrogen functional groups attached to an aromatic ring is 1. The molecule has 88 valence electrons. The first-order chi connectivity index (χ1) is 7.81. The Bertz CT molecular complexity index is 341. The zero-order valence-electron chi connectivity index (χ0n) is 9.47. The third kappa shape index (κ3) is 2.44. The van der Waals surface area contributed by atoms with Crippen molar-refractivity contribution in [3.05, 3.63) is 18.5 Å². The zero-order valence-corrected chi connectivity index (χ0v) is 9.47. The van der Waals surface area contributed by atoms with Gasteiger partial charge in [-0.25, -0.2) is 0 Å². The van der Waals surface area contributed by atoms with Crippen molar-refractivity contribution in [3.8, 4) is 0 Å². The average molecular weight is 221 g/mol. The number of aliphatic hydroxyl groups is 1. The van der Waals surface area contributed by atoms with Gasteiger partial charge in [-0.3, -0.25) is 4.98 Å². The Labute approximate surface area is 96.1 Å². The first-order valence-corrected chi connectivity index (χ1v) is 5.89. The van der Waals surface area contributed by atoms with E-state index in [1.54, 1.807) is 6.20 Å². The monoisotopic (exact) mass is 221 g/mol. The van der Waals surface area contributed by atoms with E-state index in [0.717, 1.165) is 25.1 Å². The molecule has 1 aliphatic heterocycles. The smallest absolute Gasteiger partial charge is 0.0575 e. The SMILES string of the molecule is Nc1cncc(N2CCCCC2CCO)c1. The van der Waals surface area contributed by atoms with E-state index in [-0.39, 0.29) is 6.61 Å². The quantitative estimate of drug-likeness (QED) is 0.810. The number of piperidine rings is 1. The van der Waals surface area contributed by atoms with E-state index in [1.165, 1.54) is 12.8 Å². The van der Waals surface area contributed by atoms with Crippen LogP contribution in [-0.2, 0) is 0 Å². The van der Waals surface area contributed by atoms with E-state index in [2.05, 4.69) is 9.88 Å². The van der Waals surface area contributed by atoms with Crippen LogP contribution in [0.1, 0.15) is 25.7 Å². The Morgan fingerprint density at radius 1 is 1.44 bits per heavy atom. The van der Waals surface area contributed by atoms with Crippen LogP contribution in [0.15, 0.2) is 18.5 Å². The van der Waals surface area contributed by atoms with Gasteiger partial charge in [0.05, 0.1) is 17.6 Å². The fourth-order valence-electron chi connectivity index (χ4n) is 2.39. The first-order valence-electron chi connectivity index (χ1n) is 5.89. The van der Waals surface area contributed by atoms with Gasteiger partial charge < -0.3 is 15.7 Å². The highest BCUT2D eigenvalue weighted by Crippen LogP contribution is 2.26. The average Bonchev–Trinajstić information content (AvgIpc) is 2.30. The maximum absolute atomic E-state index is 9.07. The Kier molecular flexibility index (Phi) is 3.62. The molecule has 0 amide bonds. The van der Waals surface area contributed by atoms with Crippen LogP contribution in [0, 0.1) is 0 Å². The van der Waals surface area contributed by atoms with Crippen molar-refractivity contribution in [1.29, 1.82) is 0 Å². The second-order valence-electron chi connectivity index (χ2n) is 4.33. The van der Waals surface area contributed by atoms with E-state index in [1.807, 2.05) is 12.3 Å². The van der Waals surface area contributed by atoms with Gasteiger partial charge in [0, 0.05) is 25.4 Å². The number of nitrogens with two attached hydrogens (primary N) is 1. The fourth-order valence-corrected chi connectivity index (χ4v) is 2.39. The van der Waals surface area contributed by atoms with Crippen molar-refractivity contribution in [2.45, 2.75) is 31.7 Å². The molecule has 1 aliphatic rings. The van der Waals surface area contributed by atoms with Crippen molar-refractivity contribution >= 4 is 11.4 Å². The summed E-state index contributed by atoms with van der Waals surface area (Å²) >= 11 is 0. The summed E-state index contributed by atoms with van der Waals surface area (Å²) in [4.78, 5) is 6.45. The minimum Gasteiger partial charge on any atom is -0.397 e. The summed E-state index contributed by atoms with van der Waals surface area (Å²) in [6.45, 7) is 1.28. The number of hydrogen-bond acceptors (Lipinski definition) is 4. The van der Waals surface area contributed by atoms with Crippen molar-refractivity contribution in [3.63, 3.8) is 0 Å². The van der Waals surface area contributed by atoms with Gasteiger partial charge in [0.2, 0.25) is 0 Å². The highest BCUT2D eigenvalue weighted by molar-refractivity contribution is 5.54. The molecule has 2 rings (SSSR count). The number of pyridine rings is 1. The first kappa shape index (κ1) is 11.2. The zero-order chi connectivity index (χ0) is 11.4. The molecule has 0 bridgehead atoms. The minimum atomic E-state index is 0.247. The Hall–Kier alpha value is -1.29. The van der Waals surface area contributed by atoms with Gasteiger partial charge in [-0.05, 0) is 31.7 Å². The number of nitrogens with zero attached hydrogens (tertiary/aromatic N) is 2. The van der Waals surface area contributed by atoms with Crippen molar-refractivity contribution in [1.82, 2.24) is 4.98 Å². The maximum Gasteiger partial charge on any atom is 0.0575 e. The molecule has 1 fully saturated rings. The normalized spacial score (nSPS) is 21.1. The third-order valence-corrected chi connectivity index (χ3v) is 3.17. The lowest BCUT2D eigenvalue weighted by atomic mass is 9.99. The van der Waals surface area contributed by atoms with Crippen molar-refractivity contribution in [2.75, 3.05) is 23.8 Å². The van der Waals surface area contributed by atoms with Crippen LogP contribution in [0.3, 0.4) is 0 Å². The predicted molar refractivity (Wildman–Crippen MR) is 65.3 cm³/mol. The molecule has 1 aromatic heterocycles. The molecule has 4 heteroatoms. The van der Waals surface area contributed by atoms with Crippen LogP contribution in [0.4, 0.5) is 11.4 Å². The van der Waals surface area contributed by atoms with Crippen LogP contribution in [0.25, 0.3) is 0 Å². The number of aliphatic hydroxyl groups excluding tert-OH is 1. The van der Waals surface area contributed by atoms with Crippen LogP contribution in [0.2, 0.25) is 0 Å². The Balaban J connectivity index is 2.16. The van der Waals surface area contributed by atoms with Crippen LogP contribution in [-0.4, -0.2) is 29.3 Å². The lowest BCUT2D eigenvalue weighted by Crippen LogP contribution is -2.40. The summed E-state index contributed by atoms with van der Waals surface area (Å²) < 4.78 is 0. The number of hydrogen-bond donors (Lipinski definition) is 2. The summed E-state index contributed by atoms with van der Waals surface area (Å²) in [5.41, 5.74) is 7.53. The van der Waals surface area contributed by atoms with E-state index >= 15 is 0 Å². The molecule has 2 heterocycles. The molecule has 1 saturated heterocycles. The molecule has 3 N–H and O–H groups in total. The molecule has 1 aromatic rings. The molecule has 0 saturated carbocycles. The highest BCUT2D eigenvalue weighted by atomic mass is 16.3. The number of aromatic nitrogens is 1. The Morgan fingerprint density at radius 2 is 2.31 bits per heavy atom. The van der Waals surface area contributed by atoms with Gasteiger partial charge in [0.15, 0.2) is 0 Å². The lowest BCUT2D eigenvalue weighted by molar-refractivity contribution is 0.262. The molecule has 4 nitrogen and oxygen atoms in total. The summed E-state index contributed by atoms with van der Waals surface area (Å²) in [7, 11) is 0. The van der Waals surface area contributed by atoms with E-state index in [4.69, 9.17) is 10.8 Å². The molecule has 0 aromatic carbocycles. The van der Waals surface area contributed by atoms with Gasteiger partial charge in [0.25, 0.3) is 0 Å².